The van der Waals surface area contributed by atoms with E-state index in [4.69, 9.17) is 4.74 Å². The predicted octanol–water partition coefficient (Wildman–Crippen LogP) is 2.48. The molecule has 1 amide bonds. The van der Waals surface area contributed by atoms with Gasteiger partial charge < -0.3 is 15.0 Å². The van der Waals surface area contributed by atoms with Gasteiger partial charge in [-0.25, -0.2) is 0 Å². The number of rotatable bonds is 5. The number of nitrogens with one attached hydrogen (secondary N) is 1. The van der Waals surface area contributed by atoms with Crippen LogP contribution in [0.5, 0.6) is 5.75 Å². The summed E-state index contributed by atoms with van der Waals surface area (Å²) in [6, 6.07) is 14.4. The van der Waals surface area contributed by atoms with Gasteiger partial charge in [0.1, 0.15) is 5.75 Å². The van der Waals surface area contributed by atoms with E-state index in [0.717, 1.165) is 62.6 Å². The van der Waals surface area contributed by atoms with Gasteiger partial charge in [-0.1, -0.05) is 12.1 Å². The van der Waals surface area contributed by atoms with E-state index in [1.165, 1.54) is 11.3 Å². The zero-order valence-electron chi connectivity index (χ0n) is 15.9. The van der Waals surface area contributed by atoms with Crippen LogP contribution in [0.15, 0.2) is 42.5 Å². The monoisotopic (exact) mass is 365 g/mol. The highest BCUT2D eigenvalue weighted by atomic mass is 16.5. The van der Waals surface area contributed by atoms with E-state index in [1.807, 2.05) is 18.2 Å². The molecular formula is C22H27N3O2. The van der Waals surface area contributed by atoms with Gasteiger partial charge in [-0.15, -0.1) is 0 Å². The minimum Gasteiger partial charge on any atom is -0.493 e. The number of carbonyl (C=O) groups excluding carboxylic acids is 1. The molecule has 1 saturated heterocycles. The Hall–Kier alpha value is -2.53. The molecule has 2 aliphatic heterocycles. The summed E-state index contributed by atoms with van der Waals surface area (Å²) in [5, 5.41) is 3.05. The van der Waals surface area contributed by atoms with E-state index in [1.54, 1.807) is 0 Å². The van der Waals surface area contributed by atoms with Gasteiger partial charge in [-0.3, -0.25) is 9.69 Å². The lowest BCUT2D eigenvalue weighted by molar-refractivity contribution is 0.0947. The summed E-state index contributed by atoms with van der Waals surface area (Å²) >= 11 is 0. The minimum atomic E-state index is 0.00287. The second-order valence-corrected chi connectivity index (χ2v) is 7.34. The van der Waals surface area contributed by atoms with Crippen LogP contribution in [-0.2, 0) is 6.42 Å². The Bertz CT molecular complexity index is 813. The summed E-state index contributed by atoms with van der Waals surface area (Å²) in [5.74, 6) is 0.918. The fourth-order valence-corrected chi connectivity index (χ4v) is 3.81. The number of hydrogen-bond acceptors (Lipinski definition) is 4. The molecule has 0 aliphatic carbocycles. The fraction of sp³-hybridized carbons (Fsp3) is 0.409. The van der Waals surface area contributed by atoms with E-state index in [2.05, 4.69) is 46.3 Å². The number of carbonyl (C=O) groups is 1. The van der Waals surface area contributed by atoms with Crippen molar-refractivity contribution < 1.29 is 9.53 Å². The number of fused-ring (bicyclic) bond motifs is 1. The van der Waals surface area contributed by atoms with Crippen molar-refractivity contribution in [2.24, 2.45) is 0 Å². The van der Waals surface area contributed by atoms with Crippen LogP contribution in [0.2, 0.25) is 0 Å². The summed E-state index contributed by atoms with van der Waals surface area (Å²) in [5.41, 5.74) is 4.47. The van der Waals surface area contributed by atoms with Crippen molar-refractivity contribution in [2.75, 3.05) is 50.8 Å². The topological polar surface area (TPSA) is 44.8 Å². The maximum atomic E-state index is 12.4. The second-order valence-electron chi connectivity index (χ2n) is 7.34. The maximum Gasteiger partial charge on any atom is 0.251 e. The van der Waals surface area contributed by atoms with Crippen LogP contribution in [0.25, 0.3) is 0 Å². The van der Waals surface area contributed by atoms with Crippen molar-refractivity contribution in [1.82, 2.24) is 10.2 Å². The van der Waals surface area contributed by atoms with Gasteiger partial charge in [0.2, 0.25) is 0 Å². The first kappa shape index (κ1) is 17.9. The number of ether oxygens (including phenoxy) is 1. The Labute approximate surface area is 160 Å². The van der Waals surface area contributed by atoms with E-state index in [-0.39, 0.29) is 5.91 Å². The third-order valence-electron chi connectivity index (χ3n) is 5.40. The van der Waals surface area contributed by atoms with Crippen LogP contribution < -0.4 is 15.0 Å². The molecular weight excluding hydrogens is 338 g/mol. The summed E-state index contributed by atoms with van der Waals surface area (Å²) in [7, 11) is 0. The largest absolute Gasteiger partial charge is 0.493 e. The second kappa shape index (κ2) is 8.01. The van der Waals surface area contributed by atoms with Crippen molar-refractivity contribution in [3.05, 3.63) is 59.2 Å². The molecule has 0 atom stereocenters. The molecule has 5 heteroatoms. The lowest BCUT2D eigenvalue weighted by atomic mass is 10.1. The highest BCUT2D eigenvalue weighted by Gasteiger charge is 2.18. The van der Waals surface area contributed by atoms with Crippen LogP contribution in [0.3, 0.4) is 0 Å². The number of piperazine rings is 1. The molecule has 0 bridgehead atoms. The minimum absolute atomic E-state index is 0.00287. The van der Waals surface area contributed by atoms with Crippen molar-refractivity contribution in [2.45, 2.75) is 13.3 Å². The van der Waals surface area contributed by atoms with Crippen LogP contribution in [0.1, 0.15) is 21.5 Å². The van der Waals surface area contributed by atoms with Crippen LogP contribution in [-0.4, -0.2) is 56.7 Å². The standard InChI is InChI=1S/C22H27N3O2/c1-17-3-2-4-20(15-17)25-12-10-24(11-13-25)9-8-23-22(26)19-5-6-21-18(16-19)7-14-27-21/h2-6,15-16H,7-14H2,1H3,(H,23,26). The van der Waals surface area contributed by atoms with Crippen molar-refractivity contribution in [3.63, 3.8) is 0 Å². The van der Waals surface area contributed by atoms with Gasteiger partial charge >= 0.3 is 0 Å². The molecule has 142 valence electrons. The third kappa shape index (κ3) is 4.25. The van der Waals surface area contributed by atoms with Crippen LogP contribution in [0, 0.1) is 6.92 Å². The lowest BCUT2D eigenvalue weighted by Gasteiger charge is -2.36. The molecule has 27 heavy (non-hydrogen) atoms. The van der Waals surface area contributed by atoms with Gasteiger partial charge in [0.05, 0.1) is 6.61 Å². The van der Waals surface area contributed by atoms with Crippen molar-refractivity contribution >= 4 is 11.6 Å². The number of benzene rings is 2. The summed E-state index contributed by atoms with van der Waals surface area (Å²) in [6.07, 6.45) is 0.891. The zero-order valence-corrected chi connectivity index (χ0v) is 15.9. The van der Waals surface area contributed by atoms with E-state index < -0.39 is 0 Å². The van der Waals surface area contributed by atoms with E-state index >= 15 is 0 Å². The SMILES string of the molecule is Cc1cccc(N2CCN(CCNC(=O)c3ccc4c(c3)CCO4)CC2)c1. The molecule has 0 unspecified atom stereocenters. The molecule has 2 aromatic rings. The first-order valence-corrected chi connectivity index (χ1v) is 9.77. The Morgan fingerprint density at radius 2 is 1.96 bits per heavy atom. The molecule has 0 aromatic heterocycles. The molecule has 1 N–H and O–H groups in total. The highest BCUT2D eigenvalue weighted by Crippen LogP contribution is 2.25. The number of amides is 1. The number of anilines is 1. The average Bonchev–Trinajstić information content (AvgIpc) is 3.16. The van der Waals surface area contributed by atoms with Crippen molar-refractivity contribution in [3.8, 4) is 5.75 Å². The van der Waals surface area contributed by atoms with Gasteiger partial charge in [0.15, 0.2) is 0 Å². The van der Waals surface area contributed by atoms with Gasteiger partial charge in [-0.05, 0) is 48.4 Å². The predicted molar refractivity (Wildman–Crippen MR) is 108 cm³/mol. The van der Waals surface area contributed by atoms with Crippen LogP contribution >= 0.6 is 0 Å². The normalized spacial score (nSPS) is 16.7. The molecule has 0 saturated carbocycles. The average molecular weight is 365 g/mol. The van der Waals surface area contributed by atoms with Gasteiger partial charge in [0, 0.05) is 56.9 Å². The zero-order chi connectivity index (χ0) is 18.6. The number of nitrogens with zero attached hydrogens (tertiary/aromatic N) is 2. The smallest absolute Gasteiger partial charge is 0.251 e. The molecule has 2 heterocycles. The molecule has 4 rings (SSSR count). The molecule has 5 nitrogen and oxygen atoms in total. The van der Waals surface area contributed by atoms with E-state index in [0.29, 0.717) is 6.54 Å². The molecule has 2 aromatic carbocycles. The van der Waals surface area contributed by atoms with E-state index in [9.17, 15) is 4.79 Å². The Morgan fingerprint density at radius 3 is 2.78 bits per heavy atom. The number of hydrogen-bond donors (Lipinski definition) is 1. The molecule has 1 fully saturated rings. The number of aryl methyl sites for hydroxylation is 1. The summed E-state index contributed by atoms with van der Waals surface area (Å²) < 4.78 is 5.50. The molecule has 2 aliphatic rings. The first-order valence-electron chi connectivity index (χ1n) is 9.77. The molecule has 0 spiro atoms. The Balaban J connectivity index is 1.22. The Morgan fingerprint density at radius 1 is 1.11 bits per heavy atom. The van der Waals surface area contributed by atoms with Gasteiger partial charge in [-0.2, -0.15) is 0 Å². The van der Waals surface area contributed by atoms with Crippen molar-refractivity contribution in [1.29, 1.82) is 0 Å². The highest BCUT2D eigenvalue weighted by molar-refractivity contribution is 5.94. The third-order valence-corrected chi connectivity index (χ3v) is 5.40. The summed E-state index contributed by atoms with van der Waals surface area (Å²) in [6.45, 7) is 8.54. The maximum absolute atomic E-state index is 12.4. The molecule has 0 radical (unpaired) electrons. The Kier molecular flexibility index (Phi) is 5.30. The summed E-state index contributed by atoms with van der Waals surface area (Å²) in [4.78, 5) is 17.2. The quantitative estimate of drug-likeness (QED) is 0.884. The fourth-order valence-electron chi connectivity index (χ4n) is 3.81. The first-order chi connectivity index (χ1) is 13.2. The van der Waals surface area contributed by atoms with Gasteiger partial charge in [0.25, 0.3) is 5.91 Å². The van der Waals surface area contributed by atoms with Crippen LogP contribution in [0.4, 0.5) is 5.69 Å². The lowest BCUT2D eigenvalue weighted by Crippen LogP contribution is -2.48.